The number of carbonyl (C=O) groups is 1. The molecule has 3 rings (SSSR count). The maximum absolute atomic E-state index is 12.1. The van der Waals surface area contributed by atoms with Crippen molar-refractivity contribution in [1.29, 1.82) is 0 Å². The zero-order valence-corrected chi connectivity index (χ0v) is 16.5. The molecule has 3 N–H and O–H groups in total. The number of unbranched alkanes of at least 4 members (excludes halogenated alkanes) is 1. The van der Waals surface area contributed by atoms with Crippen molar-refractivity contribution in [3.05, 3.63) is 53.2 Å². The first kappa shape index (κ1) is 19.2. The molecule has 0 saturated heterocycles. The summed E-state index contributed by atoms with van der Waals surface area (Å²) in [7, 11) is 0. The van der Waals surface area contributed by atoms with Crippen LogP contribution in [0.1, 0.15) is 62.4 Å². The summed E-state index contributed by atoms with van der Waals surface area (Å²) in [6.45, 7) is 6.61. The Morgan fingerprint density at radius 3 is 2.78 bits per heavy atom. The number of aliphatic imine (C=N–C) groups is 1. The number of nitrogens with one attached hydrogen (secondary N) is 1. The van der Waals surface area contributed by atoms with Gasteiger partial charge in [-0.25, -0.2) is 0 Å². The number of hydrogen-bond acceptors (Lipinski definition) is 3. The van der Waals surface area contributed by atoms with Gasteiger partial charge in [-0.3, -0.25) is 9.79 Å². The van der Waals surface area contributed by atoms with Crippen LogP contribution in [0.4, 0.5) is 5.69 Å². The number of allylic oxidation sites excluding steroid dienone is 1. The third-order valence-corrected chi connectivity index (χ3v) is 5.61. The van der Waals surface area contributed by atoms with Crippen LogP contribution in [0.3, 0.4) is 0 Å². The molecule has 1 aliphatic heterocycles. The number of anilines is 1. The summed E-state index contributed by atoms with van der Waals surface area (Å²) in [5, 5.41) is 5.04. The smallest absolute Gasteiger partial charge is 0.256 e. The van der Waals surface area contributed by atoms with Gasteiger partial charge in [0.25, 0.3) is 5.91 Å². The first-order chi connectivity index (χ1) is 13.0. The van der Waals surface area contributed by atoms with Gasteiger partial charge in [-0.2, -0.15) is 0 Å². The average molecular weight is 364 g/mol. The third kappa shape index (κ3) is 3.90. The van der Waals surface area contributed by atoms with Crippen LogP contribution in [-0.4, -0.2) is 17.7 Å². The number of rotatable bonds is 8. The van der Waals surface area contributed by atoms with Crippen LogP contribution in [0.5, 0.6) is 0 Å². The number of nitrogens with two attached hydrogens (primary N) is 1. The first-order valence-corrected chi connectivity index (χ1v) is 9.83. The Morgan fingerprint density at radius 2 is 2.07 bits per heavy atom. The lowest BCUT2D eigenvalue weighted by Crippen LogP contribution is -2.21. The SMILES string of the molecule is CCCCC(C)(CC)N=C/C(=C\N)Cc1ccc2c3c(cccc13)C(=O)N2. The summed E-state index contributed by atoms with van der Waals surface area (Å²) in [6, 6.07) is 9.93. The van der Waals surface area contributed by atoms with Crippen LogP contribution in [0.15, 0.2) is 47.1 Å². The molecule has 1 aliphatic rings. The molecule has 142 valence electrons. The molecule has 4 nitrogen and oxygen atoms in total. The molecule has 2 aromatic carbocycles. The molecule has 0 radical (unpaired) electrons. The van der Waals surface area contributed by atoms with Crippen LogP contribution in [0.25, 0.3) is 10.8 Å². The zero-order chi connectivity index (χ0) is 19.4. The second-order valence-electron chi connectivity index (χ2n) is 7.59. The Labute approximate surface area is 161 Å². The van der Waals surface area contributed by atoms with Crippen molar-refractivity contribution in [2.45, 2.75) is 58.4 Å². The van der Waals surface area contributed by atoms with Gasteiger partial charge in [0.05, 0.1) is 5.54 Å². The Kier molecular flexibility index (Phi) is 5.64. The highest BCUT2D eigenvalue weighted by Gasteiger charge is 2.22. The monoisotopic (exact) mass is 363 g/mol. The molecule has 0 spiro atoms. The van der Waals surface area contributed by atoms with E-state index in [0.717, 1.165) is 46.0 Å². The normalized spacial score (nSPS) is 16.1. The minimum Gasteiger partial charge on any atom is -0.404 e. The van der Waals surface area contributed by atoms with Crippen molar-refractivity contribution in [3.8, 4) is 0 Å². The van der Waals surface area contributed by atoms with Crippen LogP contribution in [-0.2, 0) is 6.42 Å². The lowest BCUT2D eigenvalue weighted by Gasteiger charge is -2.23. The van der Waals surface area contributed by atoms with E-state index >= 15 is 0 Å². The maximum atomic E-state index is 12.1. The third-order valence-electron chi connectivity index (χ3n) is 5.61. The van der Waals surface area contributed by atoms with Gasteiger partial charge in [-0.1, -0.05) is 44.9 Å². The summed E-state index contributed by atoms with van der Waals surface area (Å²) in [5.74, 6) is -0.0291. The second-order valence-corrected chi connectivity index (χ2v) is 7.59. The molecule has 0 saturated carbocycles. The summed E-state index contributed by atoms with van der Waals surface area (Å²) >= 11 is 0. The van der Waals surface area contributed by atoms with E-state index in [-0.39, 0.29) is 11.4 Å². The number of benzene rings is 2. The fraction of sp³-hybridized carbons (Fsp3) is 0.391. The van der Waals surface area contributed by atoms with Crippen molar-refractivity contribution >= 4 is 28.6 Å². The van der Waals surface area contributed by atoms with Crippen molar-refractivity contribution < 1.29 is 4.79 Å². The average Bonchev–Trinajstić information content (AvgIpc) is 3.02. The van der Waals surface area contributed by atoms with E-state index in [4.69, 9.17) is 10.7 Å². The van der Waals surface area contributed by atoms with E-state index in [1.165, 1.54) is 12.8 Å². The fourth-order valence-electron chi connectivity index (χ4n) is 3.60. The molecule has 0 bridgehead atoms. The summed E-state index contributed by atoms with van der Waals surface area (Å²) < 4.78 is 0. The lowest BCUT2D eigenvalue weighted by atomic mass is 9.92. The minimum absolute atomic E-state index is 0.0291. The van der Waals surface area contributed by atoms with E-state index < -0.39 is 0 Å². The molecule has 0 aliphatic carbocycles. The van der Waals surface area contributed by atoms with Gasteiger partial charge in [0.15, 0.2) is 0 Å². The Hall–Kier alpha value is -2.62. The summed E-state index contributed by atoms with van der Waals surface area (Å²) in [5.41, 5.74) is 9.65. The van der Waals surface area contributed by atoms with E-state index in [2.05, 4.69) is 38.2 Å². The molecule has 2 aromatic rings. The maximum Gasteiger partial charge on any atom is 0.256 e. The van der Waals surface area contributed by atoms with Gasteiger partial charge in [0.1, 0.15) is 0 Å². The van der Waals surface area contributed by atoms with Crippen LogP contribution >= 0.6 is 0 Å². The topological polar surface area (TPSA) is 67.5 Å². The van der Waals surface area contributed by atoms with Gasteiger partial charge in [0, 0.05) is 29.3 Å². The zero-order valence-electron chi connectivity index (χ0n) is 16.5. The Morgan fingerprint density at radius 1 is 1.26 bits per heavy atom. The molecule has 0 fully saturated rings. The molecular weight excluding hydrogens is 334 g/mol. The van der Waals surface area contributed by atoms with Crippen LogP contribution in [0.2, 0.25) is 0 Å². The van der Waals surface area contributed by atoms with Crippen molar-refractivity contribution in [2.24, 2.45) is 10.7 Å². The van der Waals surface area contributed by atoms with Crippen molar-refractivity contribution in [1.82, 2.24) is 0 Å². The van der Waals surface area contributed by atoms with Crippen LogP contribution < -0.4 is 11.1 Å². The number of hydrogen-bond donors (Lipinski definition) is 2. The molecule has 1 amide bonds. The molecule has 1 heterocycles. The van der Waals surface area contributed by atoms with Gasteiger partial charge in [-0.15, -0.1) is 0 Å². The van der Waals surface area contributed by atoms with E-state index in [0.29, 0.717) is 6.42 Å². The number of amides is 1. The van der Waals surface area contributed by atoms with Gasteiger partial charge in [0.2, 0.25) is 0 Å². The molecule has 1 unspecified atom stereocenters. The van der Waals surface area contributed by atoms with Crippen molar-refractivity contribution in [3.63, 3.8) is 0 Å². The highest BCUT2D eigenvalue weighted by Crippen LogP contribution is 2.35. The molecule has 1 atom stereocenters. The van der Waals surface area contributed by atoms with E-state index in [1.807, 2.05) is 24.4 Å². The Balaban J connectivity index is 1.87. The molecule has 4 heteroatoms. The van der Waals surface area contributed by atoms with Gasteiger partial charge < -0.3 is 11.1 Å². The second kappa shape index (κ2) is 7.95. The molecule has 0 aromatic heterocycles. The fourth-order valence-corrected chi connectivity index (χ4v) is 3.60. The minimum atomic E-state index is -0.0391. The molecular formula is C23H29N3O. The van der Waals surface area contributed by atoms with Gasteiger partial charge in [-0.05, 0) is 54.6 Å². The highest BCUT2D eigenvalue weighted by molar-refractivity contribution is 6.24. The Bertz CT molecular complexity index is 913. The standard InChI is InChI=1S/C23H29N3O/c1-4-6-12-23(3,5-2)25-15-16(14-24)13-17-10-11-20-21-18(17)8-7-9-19(21)22(27)26-20/h7-11,14-15H,4-6,12-13,24H2,1-3H3,(H,26,27)/b16-14-,25-15?. The first-order valence-electron chi connectivity index (χ1n) is 9.83. The van der Waals surface area contributed by atoms with E-state index in [1.54, 1.807) is 6.20 Å². The highest BCUT2D eigenvalue weighted by atomic mass is 16.1. The summed E-state index contributed by atoms with van der Waals surface area (Å²) in [6.07, 6.45) is 8.73. The number of nitrogens with zero attached hydrogens (tertiary/aromatic N) is 1. The quantitative estimate of drug-likeness (QED) is 0.631. The van der Waals surface area contributed by atoms with Crippen LogP contribution in [0, 0.1) is 0 Å². The number of carbonyl (C=O) groups excluding carboxylic acids is 1. The van der Waals surface area contributed by atoms with Gasteiger partial charge >= 0.3 is 0 Å². The predicted octanol–water partition coefficient (Wildman–Crippen LogP) is 5.22. The predicted molar refractivity (Wildman–Crippen MR) is 115 cm³/mol. The van der Waals surface area contributed by atoms with Crippen molar-refractivity contribution in [2.75, 3.05) is 5.32 Å². The largest absolute Gasteiger partial charge is 0.404 e. The summed E-state index contributed by atoms with van der Waals surface area (Å²) in [4.78, 5) is 17.0. The molecule has 27 heavy (non-hydrogen) atoms. The lowest BCUT2D eigenvalue weighted by molar-refractivity contribution is 0.103. The van der Waals surface area contributed by atoms with E-state index in [9.17, 15) is 4.79 Å².